The van der Waals surface area contributed by atoms with Gasteiger partial charge in [-0.05, 0) is 42.0 Å². The summed E-state index contributed by atoms with van der Waals surface area (Å²) in [5.41, 5.74) is 9.66. The zero-order valence-electron chi connectivity index (χ0n) is 18.0. The topological polar surface area (TPSA) is 103 Å². The Balaban J connectivity index is 1.31. The number of thiophene rings is 1. The molecule has 0 fully saturated rings. The Morgan fingerprint density at radius 1 is 1.03 bits per heavy atom. The summed E-state index contributed by atoms with van der Waals surface area (Å²) in [5.74, 6) is 1.25. The highest BCUT2D eigenvalue weighted by Gasteiger charge is 2.19. The molecule has 0 spiro atoms. The summed E-state index contributed by atoms with van der Waals surface area (Å²) >= 11 is 4.18. The van der Waals surface area contributed by atoms with Crippen LogP contribution in [0.3, 0.4) is 0 Å². The second-order valence-electron chi connectivity index (χ2n) is 7.22. The molecule has 3 N–H and O–H groups in total. The third-order valence-corrected chi connectivity index (χ3v) is 8.18. The van der Waals surface area contributed by atoms with E-state index in [0.717, 1.165) is 32.5 Å². The van der Waals surface area contributed by atoms with Gasteiger partial charge in [0.2, 0.25) is 5.13 Å². The highest BCUT2D eigenvalue weighted by molar-refractivity contribution is 8.00. The van der Waals surface area contributed by atoms with Crippen molar-refractivity contribution in [2.75, 3.05) is 18.2 Å². The number of thioether (sulfide) groups is 1. The number of hydrogen-bond donors (Lipinski definition) is 2. The van der Waals surface area contributed by atoms with Crippen LogP contribution in [0.1, 0.15) is 15.2 Å². The van der Waals surface area contributed by atoms with Crippen LogP contribution in [0.4, 0.5) is 10.8 Å². The van der Waals surface area contributed by atoms with Crippen molar-refractivity contribution < 1.29 is 9.53 Å². The third-order valence-electron chi connectivity index (χ3n) is 5.02. The van der Waals surface area contributed by atoms with Crippen molar-refractivity contribution in [1.82, 2.24) is 15.2 Å². The summed E-state index contributed by atoms with van der Waals surface area (Å²) in [5, 5.41) is 12.3. The number of hydrogen-bond acceptors (Lipinski definition) is 9. The van der Waals surface area contributed by atoms with Crippen molar-refractivity contribution in [2.24, 2.45) is 0 Å². The number of fused-ring (bicyclic) bond motifs is 1. The molecule has 34 heavy (non-hydrogen) atoms. The van der Waals surface area contributed by atoms with Crippen LogP contribution in [-0.4, -0.2) is 28.2 Å². The average Bonchev–Trinajstić information content (AvgIpc) is 3.47. The molecule has 5 rings (SSSR count). The molecular weight excluding hydrogens is 486 g/mol. The normalized spacial score (nSPS) is 11.0. The van der Waals surface area contributed by atoms with E-state index < -0.39 is 0 Å². The Morgan fingerprint density at radius 3 is 2.59 bits per heavy atom. The fourth-order valence-corrected chi connectivity index (χ4v) is 5.97. The standard InChI is InChI=1S/C24H19N5O2S3/c1-31-16-9-7-15(8-10-16)18-12-11-17-19(25)20(33-22(17)26-18)21(30)27-23-28-29-24(34-23)32-13-14-5-3-2-4-6-14/h2-12H,13,25H2,1H3,(H,27,28,30). The largest absolute Gasteiger partial charge is 0.497 e. The Morgan fingerprint density at radius 2 is 1.82 bits per heavy atom. The zero-order chi connectivity index (χ0) is 23.5. The first-order chi connectivity index (χ1) is 16.6. The van der Waals surface area contributed by atoms with Gasteiger partial charge in [0.25, 0.3) is 5.91 Å². The molecule has 0 saturated heterocycles. The molecule has 1 amide bonds. The molecule has 0 saturated carbocycles. The summed E-state index contributed by atoms with van der Waals surface area (Å²) in [6.45, 7) is 0. The molecule has 0 radical (unpaired) electrons. The van der Waals surface area contributed by atoms with E-state index in [4.69, 9.17) is 15.5 Å². The van der Waals surface area contributed by atoms with Crippen LogP contribution in [0.15, 0.2) is 71.1 Å². The number of carbonyl (C=O) groups excluding carboxylic acids is 1. The summed E-state index contributed by atoms with van der Waals surface area (Å²) in [6, 6.07) is 21.6. The Bertz CT molecular complexity index is 1450. The minimum atomic E-state index is -0.317. The second kappa shape index (κ2) is 9.80. The lowest BCUT2D eigenvalue weighted by Gasteiger charge is -2.03. The molecule has 5 aromatic rings. The van der Waals surface area contributed by atoms with E-state index in [2.05, 4.69) is 27.6 Å². The number of pyridine rings is 1. The van der Waals surface area contributed by atoms with Gasteiger partial charge in [-0.15, -0.1) is 21.5 Å². The van der Waals surface area contributed by atoms with Crippen LogP contribution < -0.4 is 15.8 Å². The van der Waals surface area contributed by atoms with E-state index in [1.54, 1.807) is 18.9 Å². The Kier molecular flexibility index (Phi) is 6.43. The molecule has 3 aromatic heterocycles. The van der Waals surface area contributed by atoms with Crippen LogP contribution in [0.25, 0.3) is 21.5 Å². The van der Waals surface area contributed by atoms with Gasteiger partial charge in [-0.3, -0.25) is 10.1 Å². The first-order valence-corrected chi connectivity index (χ1v) is 12.9. The number of amides is 1. The van der Waals surface area contributed by atoms with Crippen molar-refractivity contribution in [3.63, 3.8) is 0 Å². The fraction of sp³-hybridized carbons (Fsp3) is 0.0833. The summed E-state index contributed by atoms with van der Waals surface area (Å²) in [4.78, 5) is 18.8. The number of nitrogens with one attached hydrogen (secondary N) is 1. The number of anilines is 2. The van der Waals surface area contributed by atoms with Crippen LogP contribution >= 0.6 is 34.4 Å². The van der Waals surface area contributed by atoms with Crippen LogP contribution in [0.5, 0.6) is 5.75 Å². The maximum absolute atomic E-state index is 12.9. The van der Waals surface area contributed by atoms with Crippen molar-refractivity contribution in [1.29, 1.82) is 0 Å². The SMILES string of the molecule is COc1ccc(-c2ccc3c(N)c(C(=O)Nc4nnc(SCc5ccccc5)s4)sc3n2)cc1. The van der Waals surface area contributed by atoms with Crippen molar-refractivity contribution >= 4 is 61.4 Å². The van der Waals surface area contributed by atoms with Gasteiger partial charge < -0.3 is 10.5 Å². The molecule has 2 aromatic carbocycles. The minimum absolute atomic E-state index is 0.317. The average molecular weight is 506 g/mol. The van der Waals surface area contributed by atoms with Crippen molar-refractivity contribution in [2.45, 2.75) is 10.1 Å². The van der Waals surface area contributed by atoms with Crippen LogP contribution in [0.2, 0.25) is 0 Å². The minimum Gasteiger partial charge on any atom is -0.497 e. The van der Waals surface area contributed by atoms with E-state index in [9.17, 15) is 4.79 Å². The highest BCUT2D eigenvalue weighted by Crippen LogP contribution is 2.35. The van der Waals surface area contributed by atoms with Crippen molar-refractivity contribution in [3.05, 3.63) is 77.2 Å². The Hall–Kier alpha value is -3.47. The van der Waals surface area contributed by atoms with E-state index in [1.165, 1.54) is 28.2 Å². The first kappa shape index (κ1) is 22.3. The van der Waals surface area contributed by atoms with Gasteiger partial charge in [0.05, 0.1) is 18.5 Å². The number of nitrogen functional groups attached to an aromatic ring is 1. The van der Waals surface area contributed by atoms with Crippen molar-refractivity contribution in [3.8, 4) is 17.0 Å². The predicted octanol–water partition coefficient (Wildman–Crippen LogP) is 5.95. The molecule has 0 aliphatic rings. The van der Waals surface area contributed by atoms with Crippen LogP contribution in [0, 0.1) is 0 Å². The molecular formula is C24H19N5O2S3. The first-order valence-electron chi connectivity index (χ1n) is 10.3. The number of rotatable bonds is 7. The van der Waals surface area contributed by atoms with Gasteiger partial charge in [0.15, 0.2) is 4.34 Å². The van der Waals surface area contributed by atoms with Gasteiger partial charge in [-0.2, -0.15) is 0 Å². The number of benzene rings is 2. The van der Waals surface area contributed by atoms with Gasteiger partial charge in [-0.1, -0.05) is 53.4 Å². The molecule has 0 aliphatic heterocycles. The number of nitrogens with zero attached hydrogens (tertiary/aromatic N) is 3. The number of carbonyl (C=O) groups is 1. The monoisotopic (exact) mass is 505 g/mol. The summed E-state index contributed by atoms with van der Waals surface area (Å²) < 4.78 is 6.00. The second-order valence-corrected chi connectivity index (χ2v) is 10.4. The summed E-state index contributed by atoms with van der Waals surface area (Å²) in [7, 11) is 1.63. The number of aromatic nitrogens is 3. The van der Waals surface area contributed by atoms with E-state index >= 15 is 0 Å². The van der Waals surface area contributed by atoms with Gasteiger partial charge in [-0.25, -0.2) is 4.98 Å². The maximum Gasteiger partial charge on any atom is 0.269 e. The number of nitrogens with two attached hydrogens (primary N) is 1. The zero-order valence-corrected chi connectivity index (χ0v) is 20.5. The highest BCUT2D eigenvalue weighted by atomic mass is 32.2. The molecule has 0 unspecified atom stereocenters. The maximum atomic E-state index is 12.9. The molecule has 0 atom stereocenters. The number of ether oxygens (including phenoxy) is 1. The molecule has 0 bridgehead atoms. The Labute approximate surface area is 208 Å². The van der Waals surface area contributed by atoms with Crippen LogP contribution in [-0.2, 0) is 5.75 Å². The van der Waals surface area contributed by atoms with Gasteiger partial charge in [0, 0.05) is 16.7 Å². The van der Waals surface area contributed by atoms with Gasteiger partial charge >= 0.3 is 0 Å². The lowest BCUT2D eigenvalue weighted by molar-refractivity contribution is 0.103. The predicted molar refractivity (Wildman–Crippen MR) is 140 cm³/mol. The molecule has 7 nitrogen and oxygen atoms in total. The van der Waals surface area contributed by atoms with E-state index in [1.807, 2.05) is 54.6 Å². The smallest absolute Gasteiger partial charge is 0.269 e. The summed E-state index contributed by atoms with van der Waals surface area (Å²) in [6.07, 6.45) is 0. The lowest BCUT2D eigenvalue weighted by Crippen LogP contribution is -2.11. The fourth-order valence-electron chi connectivity index (χ4n) is 3.28. The number of methoxy groups -OCH3 is 1. The molecule has 0 aliphatic carbocycles. The molecule has 10 heteroatoms. The third kappa shape index (κ3) is 4.74. The molecule has 3 heterocycles. The van der Waals surface area contributed by atoms with E-state index in [0.29, 0.717) is 20.5 Å². The van der Waals surface area contributed by atoms with E-state index in [-0.39, 0.29) is 5.91 Å². The quantitative estimate of drug-likeness (QED) is 0.208. The lowest BCUT2D eigenvalue weighted by atomic mass is 10.1. The molecule has 170 valence electrons. The van der Waals surface area contributed by atoms with Gasteiger partial charge in [0.1, 0.15) is 15.5 Å².